The molecular formula is C18H15Cl2F3N6O. The van der Waals surface area contributed by atoms with E-state index in [0.29, 0.717) is 24.2 Å². The number of amides is 1. The zero-order valence-electron chi connectivity index (χ0n) is 15.5. The van der Waals surface area contributed by atoms with Crippen LogP contribution in [0, 0.1) is 0 Å². The maximum Gasteiger partial charge on any atom is 0.408 e. The van der Waals surface area contributed by atoms with Crippen molar-refractivity contribution < 1.29 is 18.0 Å². The summed E-state index contributed by atoms with van der Waals surface area (Å²) in [6.45, 7) is 1.52. The number of nitrogens with one attached hydrogen (secondary N) is 1. The SMILES string of the molecule is C[C@@H](Nc1c(-c2cc(N3CCCC3=O)ccc2Cl)c(Cl)nc2ncnn12)C(F)(F)F. The molecule has 3 heterocycles. The van der Waals surface area contributed by atoms with Gasteiger partial charge in [0.1, 0.15) is 23.3 Å². The Hall–Kier alpha value is -2.59. The number of carbonyl (C=O) groups is 1. The summed E-state index contributed by atoms with van der Waals surface area (Å²) in [5.41, 5.74) is 1.02. The third kappa shape index (κ3) is 3.65. The summed E-state index contributed by atoms with van der Waals surface area (Å²) in [7, 11) is 0. The first-order valence-electron chi connectivity index (χ1n) is 8.99. The number of halogens is 5. The highest BCUT2D eigenvalue weighted by Crippen LogP contribution is 2.41. The predicted octanol–water partition coefficient (Wildman–Crippen LogP) is 4.59. The first kappa shape index (κ1) is 20.7. The monoisotopic (exact) mass is 458 g/mol. The maximum absolute atomic E-state index is 13.3. The molecule has 0 saturated carbocycles. The molecule has 0 spiro atoms. The molecule has 1 amide bonds. The number of hydrogen-bond acceptors (Lipinski definition) is 5. The lowest BCUT2D eigenvalue weighted by Gasteiger charge is -2.22. The molecule has 1 aliphatic rings. The molecule has 12 heteroatoms. The van der Waals surface area contributed by atoms with Crippen LogP contribution >= 0.6 is 23.2 Å². The molecule has 3 aromatic rings. The molecule has 0 unspecified atom stereocenters. The highest BCUT2D eigenvalue weighted by molar-refractivity contribution is 6.36. The van der Waals surface area contributed by atoms with Crippen molar-refractivity contribution in [1.29, 1.82) is 0 Å². The molecule has 2 aromatic heterocycles. The van der Waals surface area contributed by atoms with Gasteiger partial charge in [-0.1, -0.05) is 23.2 Å². The van der Waals surface area contributed by atoms with Crippen LogP contribution in [-0.2, 0) is 4.79 Å². The summed E-state index contributed by atoms with van der Waals surface area (Å²) >= 11 is 12.7. The molecule has 1 N–H and O–H groups in total. The second-order valence-corrected chi connectivity index (χ2v) is 7.58. The molecule has 0 bridgehead atoms. The number of hydrogen-bond donors (Lipinski definition) is 1. The summed E-state index contributed by atoms with van der Waals surface area (Å²) in [5, 5.41) is 6.52. The number of anilines is 2. The van der Waals surface area contributed by atoms with Crippen LogP contribution in [0.1, 0.15) is 19.8 Å². The van der Waals surface area contributed by atoms with E-state index in [-0.39, 0.29) is 33.2 Å². The second-order valence-electron chi connectivity index (χ2n) is 6.82. The van der Waals surface area contributed by atoms with E-state index in [4.69, 9.17) is 23.2 Å². The van der Waals surface area contributed by atoms with E-state index in [1.807, 2.05) is 0 Å². The third-order valence-corrected chi connectivity index (χ3v) is 5.43. The Labute approximate surface area is 178 Å². The van der Waals surface area contributed by atoms with Gasteiger partial charge in [0.25, 0.3) is 5.78 Å². The molecular weight excluding hydrogens is 444 g/mol. The normalized spacial score (nSPS) is 15.8. The number of aromatic nitrogens is 4. The lowest BCUT2D eigenvalue weighted by molar-refractivity contribution is -0.138. The molecule has 0 aliphatic carbocycles. The van der Waals surface area contributed by atoms with E-state index < -0.39 is 12.2 Å². The number of rotatable bonds is 4. The number of carbonyl (C=O) groups excluding carboxylic acids is 1. The number of benzene rings is 1. The van der Waals surface area contributed by atoms with E-state index in [2.05, 4.69) is 20.4 Å². The molecule has 1 aliphatic heterocycles. The molecule has 1 saturated heterocycles. The van der Waals surface area contributed by atoms with Crippen molar-refractivity contribution in [2.24, 2.45) is 0 Å². The average molecular weight is 459 g/mol. The van der Waals surface area contributed by atoms with Crippen LogP contribution in [0.25, 0.3) is 16.9 Å². The molecule has 30 heavy (non-hydrogen) atoms. The van der Waals surface area contributed by atoms with Crippen molar-refractivity contribution in [1.82, 2.24) is 19.6 Å². The maximum atomic E-state index is 13.3. The van der Waals surface area contributed by atoms with Crippen LogP contribution < -0.4 is 10.2 Å². The summed E-state index contributed by atoms with van der Waals surface area (Å²) in [6, 6.07) is 2.94. The van der Waals surface area contributed by atoms with Crippen LogP contribution in [0.5, 0.6) is 0 Å². The van der Waals surface area contributed by atoms with Crippen LogP contribution in [0.4, 0.5) is 24.7 Å². The smallest absolute Gasteiger partial charge is 0.358 e. The largest absolute Gasteiger partial charge is 0.408 e. The van der Waals surface area contributed by atoms with Gasteiger partial charge < -0.3 is 10.2 Å². The van der Waals surface area contributed by atoms with E-state index in [9.17, 15) is 18.0 Å². The van der Waals surface area contributed by atoms with Crippen LogP contribution in [0.15, 0.2) is 24.5 Å². The van der Waals surface area contributed by atoms with Gasteiger partial charge in [0.2, 0.25) is 5.91 Å². The van der Waals surface area contributed by atoms with Crippen molar-refractivity contribution in [3.63, 3.8) is 0 Å². The van der Waals surface area contributed by atoms with E-state index in [1.54, 1.807) is 23.1 Å². The first-order valence-corrected chi connectivity index (χ1v) is 9.75. The van der Waals surface area contributed by atoms with Gasteiger partial charge >= 0.3 is 6.18 Å². The van der Waals surface area contributed by atoms with Crippen molar-refractivity contribution in [2.45, 2.75) is 32.0 Å². The van der Waals surface area contributed by atoms with Gasteiger partial charge in [-0.3, -0.25) is 4.79 Å². The van der Waals surface area contributed by atoms with Gasteiger partial charge in [0.05, 0.1) is 5.56 Å². The minimum absolute atomic E-state index is 0.0302. The van der Waals surface area contributed by atoms with Crippen molar-refractivity contribution >= 4 is 46.4 Å². The minimum atomic E-state index is -4.52. The fourth-order valence-electron chi connectivity index (χ4n) is 3.27. The number of fused-ring (bicyclic) bond motifs is 1. The van der Waals surface area contributed by atoms with Gasteiger partial charge in [-0.2, -0.15) is 32.8 Å². The zero-order valence-corrected chi connectivity index (χ0v) is 17.1. The van der Waals surface area contributed by atoms with E-state index >= 15 is 0 Å². The quantitative estimate of drug-likeness (QED) is 0.578. The van der Waals surface area contributed by atoms with Gasteiger partial charge in [-0.25, -0.2) is 0 Å². The fourth-order valence-corrected chi connectivity index (χ4v) is 3.75. The highest BCUT2D eigenvalue weighted by Gasteiger charge is 2.37. The molecule has 7 nitrogen and oxygen atoms in total. The molecule has 1 aromatic carbocycles. The Balaban J connectivity index is 1.91. The lowest BCUT2D eigenvalue weighted by Crippen LogP contribution is -2.34. The van der Waals surface area contributed by atoms with Crippen LogP contribution in [0.3, 0.4) is 0 Å². The molecule has 1 atom stereocenters. The molecule has 4 rings (SSSR count). The van der Waals surface area contributed by atoms with Crippen LogP contribution in [0.2, 0.25) is 10.2 Å². The standard InChI is InChI=1S/C18H15Cl2F3N6O/c1-9(18(21,22)23)26-16-14(15(20)27-17-24-8-25-29(16)17)11-7-10(4-5-12(11)19)28-6-2-3-13(28)30/h4-5,7-9,26H,2-3,6H2,1H3/t9-/m1/s1. The Kier molecular flexibility index (Phi) is 5.23. The van der Waals surface area contributed by atoms with Gasteiger partial charge in [-0.05, 0) is 31.5 Å². The second kappa shape index (κ2) is 7.59. The summed E-state index contributed by atoms with van der Waals surface area (Å²) in [4.78, 5) is 21.8. The Morgan fingerprint density at radius 3 is 2.70 bits per heavy atom. The lowest BCUT2D eigenvalue weighted by atomic mass is 10.1. The average Bonchev–Trinajstić information content (AvgIpc) is 3.30. The van der Waals surface area contributed by atoms with Crippen LogP contribution in [-0.4, -0.2) is 44.3 Å². The summed E-state index contributed by atoms with van der Waals surface area (Å²) in [5.74, 6) is -0.0648. The Morgan fingerprint density at radius 1 is 1.27 bits per heavy atom. The first-order chi connectivity index (χ1) is 14.2. The Bertz CT molecular complexity index is 1130. The highest BCUT2D eigenvalue weighted by atomic mass is 35.5. The van der Waals surface area contributed by atoms with Gasteiger partial charge in [-0.15, -0.1) is 0 Å². The summed E-state index contributed by atoms with van der Waals surface area (Å²) < 4.78 is 40.9. The van der Waals surface area contributed by atoms with Gasteiger partial charge in [0, 0.05) is 29.2 Å². The topological polar surface area (TPSA) is 75.4 Å². The minimum Gasteiger partial charge on any atom is -0.358 e. The molecule has 158 valence electrons. The third-order valence-electron chi connectivity index (χ3n) is 4.83. The van der Waals surface area contributed by atoms with Gasteiger partial charge in [0.15, 0.2) is 0 Å². The Morgan fingerprint density at radius 2 is 2.03 bits per heavy atom. The molecule has 1 fully saturated rings. The summed E-state index contributed by atoms with van der Waals surface area (Å²) in [6.07, 6.45) is -2.21. The van der Waals surface area contributed by atoms with E-state index in [1.165, 1.54) is 0 Å². The predicted molar refractivity (Wildman–Crippen MR) is 107 cm³/mol. The van der Waals surface area contributed by atoms with Crippen molar-refractivity contribution in [3.8, 4) is 11.1 Å². The number of nitrogens with zero attached hydrogens (tertiary/aromatic N) is 5. The van der Waals surface area contributed by atoms with E-state index in [0.717, 1.165) is 24.2 Å². The zero-order chi connectivity index (χ0) is 21.6. The fraction of sp³-hybridized carbons (Fsp3) is 0.333. The van der Waals surface area contributed by atoms with Crippen molar-refractivity contribution in [2.75, 3.05) is 16.8 Å². The van der Waals surface area contributed by atoms with Crippen molar-refractivity contribution in [3.05, 3.63) is 34.7 Å². The number of alkyl halides is 3. The molecule has 0 radical (unpaired) electrons.